The third-order valence-corrected chi connectivity index (χ3v) is 5.51. The number of hydrogen-bond acceptors (Lipinski definition) is 5. The van der Waals surface area contributed by atoms with Crippen LogP contribution >= 0.6 is 15.9 Å². The number of nitrogens with zero attached hydrogens (tertiary/aromatic N) is 4. The van der Waals surface area contributed by atoms with Gasteiger partial charge in [-0.3, -0.25) is 0 Å². The third kappa shape index (κ3) is 5.67. The number of hydrazone groups is 1. The topological polar surface area (TPSA) is 82.5 Å². The number of nitrogens with one attached hydrogen (secondary N) is 2. The van der Waals surface area contributed by atoms with Gasteiger partial charge in [0.2, 0.25) is 0 Å². The van der Waals surface area contributed by atoms with E-state index >= 15 is 0 Å². The molecule has 0 saturated carbocycles. The molecule has 1 aromatic heterocycles. The zero-order valence-electron chi connectivity index (χ0n) is 17.1. The largest absolute Gasteiger partial charge is 0.416 e. The summed E-state index contributed by atoms with van der Waals surface area (Å²) < 4.78 is 40.0. The van der Waals surface area contributed by atoms with Crippen molar-refractivity contribution >= 4 is 39.7 Å². The molecule has 11 heteroatoms. The average Bonchev–Trinajstić information content (AvgIpc) is 2.80. The first-order chi connectivity index (χ1) is 15.8. The van der Waals surface area contributed by atoms with Gasteiger partial charge in [0, 0.05) is 28.7 Å². The summed E-state index contributed by atoms with van der Waals surface area (Å²) in [6, 6.07) is 11.9. The summed E-state index contributed by atoms with van der Waals surface area (Å²) >= 11 is 3.35. The first kappa shape index (κ1) is 22.7. The number of carbonyl (C=O) groups is 1. The molecule has 0 radical (unpaired) electrons. The molecule has 2 aromatic carbocycles. The maximum atomic E-state index is 13.0. The first-order valence-corrected chi connectivity index (χ1v) is 10.7. The second-order valence-electron chi connectivity index (χ2n) is 7.25. The molecule has 3 aromatic rings. The van der Waals surface area contributed by atoms with Crippen LogP contribution in [0.5, 0.6) is 0 Å². The fourth-order valence-corrected chi connectivity index (χ4v) is 3.58. The second kappa shape index (κ2) is 9.57. The van der Waals surface area contributed by atoms with E-state index < -0.39 is 17.8 Å². The molecular formula is C22H18BrF3N6O. The van der Waals surface area contributed by atoms with E-state index in [2.05, 4.69) is 41.7 Å². The maximum absolute atomic E-state index is 13.0. The highest BCUT2D eigenvalue weighted by Crippen LogP contribution is 2.32. The monoisotopic (exact) mass is 518 g/mol. The molecule has 4 rings (SSSR count). The van der Waals surface area contributed by atoms with Crippen LogP contribution in [0.1, 0.15) is 22.4 Å². The normalized spacial score (nSPS) is 13.6. The number of carbonyl (C=O) groups excluding carboxylic acids is 1. The summed E-state index contributed by atoms with van der Waals surface area (Å²) in [5, 5.41) is 6.92. The molecule has 0 aliphatic carbocycles. The number of alkyl halides is 3. The van der Waals surface area contributed by atoms with Crippen LogP contribution in [0.15, 0.2) is 64.4 Å². The van der Waals surface area contributed by atoms with Crippen molar-refractivity contribution in [3.05, 3.63) is 81.7 Å². The highest BCUT2D eigenvalue weighted by molar-refractivity contribution is 9.10. The van der Waals surface area contributed by atoms with E-state index in [4.69, 9.17) is 0 Å². The van der Waals surface area contributed by atoms with E-state index in [9.17, 15) is 18.0 Å². The number of hydrogen-bond donors (Lipinski definition) is 2. The van der Waals surface area contributed by atoms with Crippen molar-refractivity contribution in [1.29, 1.82) is 0 Å². The zero-order valence-corrected chi connectivity index (χ0v) is 18.7. The summed E-state index contributed by atoms with van der Waals surface area (Å²) in [5.74, 6) is 0.357. The van der Waals surface area contributed by atoms with E-state index in [0.29, 0.717) is 24.3 Å². The van der Waals surface area contributed by atoms with Crippen LogP contribution in [0.2, 0.25) is 0 Å². The van der Waals surface area contributed by atoms with Crippen molar-refractivity contribution in [2.75, 3.05) is 11.9 Å². The summed E-state index contributed by atoms with van der Waals surface area (Å²) in [6.07, 6.45) is -1.08. The van der Waals surface area contributed by atoms with Gasteiger partial charge in [0.05, 0.1) is 24.0 Å². The van der Waals surface area contributed by atoms with Crippen LogP contribution in [0.4, 0.5) is 29.5 Å². The van der Waals surface area contributed by atoms with Crippen molar-refractivity contribution in [3.63, 3.8) is 0 Å². The van der Waals surface area contributed by atoms with Gasteiger partial charge in [0.1, 0.15) is 12.1 Å². The lowest BCUT2D eigenvalue weighted by molar-refractivity contribution is -0.137. The number of aromatic nitrogens is 2. The summed E-state index contributed by atoms with van der Waals surface area (Å²) in [6.45, 7) is 0.615. The maximum Gasteiger partial charge on any atom is 0.416 e. The molecule has 2 N–H and O–H groups in total. The summed E-state index contributed by atoms with van der Waals surface area (Å²) in [7, 11) is 0. The highest BCUT2D eigenvalue weighted by Gasteiger charge is 2.30. The first-order valence-electron chi connectivity index (χ1n) is 9.90. The van der Waals surface area contributed by atoms with Gasteiger partial charge >= 0.3 is 12.2 Å². The Hall–Kier alpha value is -3.47. The van der Waals surface area contributed by atoms with Crippen molar-refractivity contribution in [2.45, 2.75) is 19.1 Å². The smallest absolute Gasteiger partial charge is 0.340 e. The Morgan fingerprint density at radius 2 is 1.94 bits per heavy atom. The quantitative estimate of drug-likeness (QED) is 0.371. The number of rotatable bonds is 4. The molecule has 0 spiro atoms. The average molecular weight is 519 g/mol. The third-order valence-electron chi connectivity index (χ3n) is 4.99. The van der Waals surface area contributed by atoms with E-state index in [1.54, 1.807) is 4.90 Å². The number of anilines is 2. The molecule has 0 saturated heterocycles. The Morgan fingerprint density at radius 1 is 1.15 bits per heavy atom. The highest BCUT2D eigenvalue weighted by atomic mass is 79.9. The Balaban J connectivity index is 1.46. The molecular weight excluding hydrogens is 501 g/mol. The molecule has 33 heavy (non-hydrogen) atoms. The van der Waals surface area contributed by atoms with Crippen molar-refractivity contribution < 1.29 is 18.0 Å². The summed E-state index contributed by atoms with van der Waals surface area (Å²) in [4.78, 5) is 22.6. The molecule has 1 aliphatic heterocycles. The molecule has 170 valence electrons. The van der Waals surface area contributed by atoms with Crippen molar-refractivity contribution in [2.24, 2.45) is 5.10 Å². The zero-order chi connectivity index (χ0) is 23.4. The Kier molecular flexibility index (Phi) is 6.59. The number of benzene rings is 2. The van der Waals surface area contributed by atoms with Gasteiger partial charge in [-0.15, -0.1) is 0 Å². The van der Waals surface area contributed by atoms with Gasteiger partial charge < -0.3 is 10.2 Å². The number of halogens is 4. The van der Waals surface area contributed by atoms with Crippen LogP contribution in [0.3, 0.4) is 0 Å². The van der Waals surface area contributed by atoms with Crippen LogP contribution in [0.25, 0.3) is 0 Å². The van der Waals surface area contributed by atoms with E-state index in [0.717, 1.165) is 27.9 Å². The van der Waals surface area contributed by atoms with Gasteiger partial charge in [0.15, 0.2) is 0 Å². The Bertz CT molecular complexity index is 1180. The molecule has 2 amide bonds. The molecule has 7 nitrogen and oxygen atoms in total. The van der Waals surface area contributed by atoms with Gasteiger partial charge in [-0.1, -0.05) is 34.1 Å². The van der Waals surface area contributed by atoms with E-state index in [-0.39, 0.29) is 12.2 Å². The second-order valence-corrected chi connectivity index (χ2v) is 8.17. The van der Waals surface area contributed by atoms with Gasteiger partial charge in [-0.25, -0.2) is 20.2 Å². The fraction of sp³-hybridized carbons (Fsp3) is 0.182. The molecule has 0 unspecified atom stereocenters. The fourth-order valence-electron chi connectivity index (χ4n) is 3.31. The van der Waals surface area contributed by atoms with Crippen LogP contribution in [-0.4, -0.2) is 33.7 Å². The lowest BCUT2D eigenvalue weighted by Crippen LogP contribution is -2.41. The van der Waals surface area contributed by atoms with Crippen LogP contribution in [0, 0.1) is 0 Å². The SMILES string of the molecule is O=C(N/N=C/c1ccc(Br)cc1)N1CCc2ncnc(Nc3cccc(C(F)(F)F)c3)c2C1. The van der Waals surface area contributed by atoms with E-state index in [1.165, 1.54) is 24.7 Å². The number of urea groups is 1. The standard InChI is InChI=1S/C22H18BrF3N6O/c23-16-6-4-14(5-7-16)11-29-31-21(33)32-9-8-19-18(12-32)20(28-13-27-19)30-17-3-1-2-15(10-17)22(24,25)26/h1-7,10-11,13H,8-9,12H2,(H,31,33)(H,27,28,30)/b29-11+. The Morgan fingerprint density at radius 3 is 2.70 bits per heavy atom. The van der Waals surface area contributed by atoms with Gasteiger partial charge in [0.25, 0.3) is 0 Å². The van der Waals surface area contributed by atoms with Crippen molar-refractivity contribution in [1.82, 2.24) is 20.3 Å². The number of fused-ring (bicyclic) bond motifs is 1. The predicted molar refractivity (Wildman–Crippen MR) is 121 cm³/mol. The van der Waals surface area contributed by atoms with Gasteiger partial charge in [-0.05, 0) is 35.9 Å². The van der Waals surface area contributed by atoms with Crippen molar-refractivity contribution in [3.8, 4) is 0 Å². The van der Waals surface area contributed by atoms with Crippen LogP contribution < -0.4 is 10.7 Å². The molecule has 0 bridgehead atoms. The molecule has 0 fully saturated rings. The van der Waals surface area contributed by atoms with E-state index in [1.807, 2.05) is 24.3 Å². The minimum absolute atomic E-state index is 0.192. The summed E-state index contributed by atoms with van der Waals surface area (Å²) in [5.41, 5.74) is 4.18. The lowest BCUT2D eigenvalue weighted by atomic mass is 10.1. The lowest BCUT2D eigenvalue weighted by Gasteiger charge is -2.28. The minimum atomic E-state index is -4.45. The molecule has 0 atom stereocenters. The molecule has 1 aliphatic rings. The van der Waals surface area contributed by atoms with Crippen LogP contribution in [-0.2, 0) is 19.1 Å². The number of amides is 2. The Labute approximate surface area is 195 Å². The molecule has 2 heterocycles. The predicted octanol–water partition coefficient (Wildman–Crippen LogP) is 5.10. The minimum Gasteiger partial charge on any atom is -0.340 e. The van der Waals surface area contributed by atoms with Gasteiger partial charge in [-0.2, -0.15) is 18.3 Å².